The Labute approximate surface area is 152 Å². The van der Waals surface area contributed by atoms with E-state index >= 15 is 0 Å². The molecule has 0 N–H and O–H groups in total. The molecule has 1 fully saturated rings. The summed E-state index contributed by atoms with van der Waals surface area (Å²) in [5.74, 6) is -0.0458. The molecule has 4 atom stereocenters. The molecule has 0 aliphatic carbocycles. The van der Waals surface area contributed by atoms with Gasteiger partial charge in [0.25, 0.3) is 0 Å². The van der Waals surface area contributed by atoms with Crippen LogP contribution in [0.5, 0.6) is 0 Å². The van der Waals surface area contributed by atoms with Crippen molar-refractivity contribution < 1.29 is 19.1 Å². The summed E-state index contributed by atoms with van der Waals surface area (Å²) in [5.41, 5.74) is -1.36. The van der Waals surface area contributed by atoms with E-state index in [4.69, 9.17) is 9.47 Å². The summed E-state index contributed by atoms with van der Waals surface area (Å²) in [4.78, 5) is 28.4. The van der Waals surface area contributed by atoms with E-state index in [1.165, 1.54) is 4.90 Å². The van der Waals surface area contributed by atoms with Gasteiger partial charge in [-0.25, -0.2) is 4.79 Å². The molecule has 0 bridgehead atoms. The van der Waals surface area contributed by atoms with Crippen molar-refractivity contribution in [2.24, 2.45) is 5.92 Å². The zero-order chi connectivity index (χ0) is 19.7. The van der Waals surface area contributed by atoms with Crippen molar-refractivity contribution in [3.8, 4) is 0 Å². The molecule has 1 heterocycles. The van der Waals surface area contributed by atoms with Gasteiger partial charge in [-0.15, -0.1) is 6.58 Å². The Balaban J connectivity index is 2.97. The van der Waals surface area contributed by atoms with E-state index in [1.54, 1.807) is 39.6 Å². The number of ether oxygens (including phenoxy) is 2. The summed E-state index contributed by atoms with van der Waals surface area (Å²) < 4.78 is 11.5. The summed E-state index contributed by atoms with van der Waals surface area (Å²) in [5, 5.41) is 0. The van der Waals surface area contributed by atoms with Crippen LogP contribution in [0.15, 0.2) is 12.7 Å². The zero-order valence-electron chi connectivity index (χ0n) is 17.1. The summed E-state index contributed by atoms with van der Waals surface area (Å²) in [6.45, 7) is 18.7. The lowest BCUT2D eigenvalue weighted by atomic mass is 9.98. The Morgan fingerprint density at radius 1 is 1.32 bits per heavy atom. The number of carbonyl (C=O) groups is 2. The van der Waals surface area contributed by atoms with Crippen LogP contribution in [0, 0.1) is 5.92 Å². The lowest BCUT2D eigenvalue weighted by molar-refractivity contribution is -0.152. The van der Waals surface area contributed by atoms with E-state index in [0.29, 0.717) is 0 Å². The number of likely N-dealkylation sites (N-methyl/N-ethyl adjacent to an activating group) is 1. The number of nitrogens with zero attached hydrogens (tertiary/aromatic N) is 2. The lowest BCUT2D eigenvalue weighted by Gasteiger charge is -2.37. The average molecular weight is 354 g/mol. The highest BCUT2D eigenvalue weighted by Gasteiger charge is 2.50. The minimum Gasteiger partial charge on any atom is -0.444 e. The van der Waals surface area contributed by atoms with Gasteiger partial charge >= 0.3 is 6.09 Å². The number of hydrogen-bond acceptors (Lipinski definition) is 4. The molecular formula is C19H34N2O4. The van der Waals surface area contributed by atoms with Crippen molar-refractivity contribution in [3.05, 3.63) is 12.7 Å². The van der Waals surface area contributed by atoms with Gasteiger partial charge in [-0.3, -0.25) is 9.69 Å². The minimum absolute atomic E-state index is 0.117. The monoisotopic (exact) mass is 354 g/mol. The third-order valence-electron chi connectivity index (χ3n) is 4.63. The first kappa shape index (κ1) is 21.5. The summed E-state index contributed by atoms with van der Waals surface area (Å²) in [7, 11) is 1.58. The average Bonchev–Trinajstić information content (AvgIpc) is 2.72. The van der Waals surface area contributed by atoms with Gasteiger partial charge in [0.1, 0.15) is 17.4 Å². The van der Waals surface area contributed by atoms with Crippen molar-refractivity contribution in [2.75, 3.05) is 7.05 Å². The second-order valence-electron chi connectivity index (χ2n) is 8.34. The maximum atomic E-state index is 13.1. The molecule has 25 heavy (non-hydrogen) atoms. The quantitative estimate of drug-likeness (QED) is 0.726. The molecule has 0 unspecified atom stereocenters. The fraction of sp³-hybridized carbons (Fsp3) is 0.789. The standard InChI is InChI=1S/C19H34N2O4/c1-11-12(2)15-13(3)21(19(8,9)24-15)16(22)14(4)20(10)17(23)25-18(5,6)7/h11-15H,1H2,2-10H3/t12-,13-,14-,15-/m0/s1. The molecule has 6 nitrogen and oxygen atoms in total. The molecule has 0 spiro atoms. The van der Waals surface area contributed by atoms with E-state index in [0.717, 1.165) is 0 Å². The van der Waals surface area contributed by atoms with Crippen molar-refractivity contribution >= 4 is 12.0 Å². The molecule has 144 valence electrons. The topological polar surface area (TPSA) is 59.1 Å². The van der Waals surface area contributed by atoms with Gasteiger partial charge in [-0.2, -0.15) is 0 Å². The van der Waals surface area contributed by atoms with Crippen LogP contribution in [-0.2, 0) is 14.3 Å². The Morgan fingerprint density at radius 3 is 2.28 bits per heavy atom. The molecule has 0 aromatic carbocycles. The van der Waals surface area contributed by atoms with Gasteiger partial charge in [-0.1, -0.05) is 13.0 Å². The Kier molecular flexibility index (Phi) is 6.32. The van der Waals surface area contributed by atoms with Crippen molar-refractivity contribution in [1.29, 1.82) is 0 Å². The Hall–Kier alpha value is -1.56. The van der Waals surface area contributed by atoms with Gasteiger partial charge in [0, 0.05) is 13.0 Å². The number of hydrogen-bond donors (Lipinski definition) is 0. The summed E-state index contributed by atoms with van der Waals surface area (Å²) in [6.07, 6.45) is 1.19. The van der Waals surface area contributed by atoms with E-state index < -0.39 is 23.5 Å². The summed E-state index contributed by atoms with van der Waals surface area (Å²) >= 11 is 0. The first-order chi connectivity index (χ1) is 11.2. The second kappa shape index (κ2) is 7.36. The van der Waals surface area contributed by atoms with Gasteiger partial charge in [-0.05, 0) is 48.5 Å². The third kappa shape index (κ3) is 4.75. The first-order valence-electron chi connectivity index (χ1n) is 8.82. The molecule has 0 radical (unpaired) electrons. The minimum atomic E-state index is -0.749. The van der Waals surface area contributed by atoms with Gasteiger partial charge < -0.3 is 14.4 Å². The van der Waals surface area contributed by atoms with Crippen LogP contribution in [0.4, 0.5) is 4.79 Å². The second-order valence-corrected chi connectivity index (χ2v) is 8.34. The van der Waals surface area contributed by atoms with Gasteiger partial charge in [0.2, 0.25) is 5.91 Å². The number of amides is 2. The SMILES string of the molecule is C=C[C@H](C)[C@@H]1OC(C)(C)N(C(=O)[C@H](C)N(C)C(=O)OC(C)(C)C)[C@H]1C. The molecular weight excluding hydrogens is 320 g/mol. The van der Waals surface area contributed by atoms with Gasteiger partial charge in [0.15, 0.2) is 0 Å². The van der Waals surface area contributed by atoms with Crippen LogP contribution in [0.25, 0.3) is 0 Å². The predicted molar refractivity (Wildman–Crippen MR) is 98.1 cm³/mol. The van der Waals surface area contributed by atoms with Crippen LogP contribution < -0.4 is 0 Å². The van der Waals surface area contributed by atoms with Crippen LogP contribution in [0.3, 0.4) is 0 Å². The fourth-order valence-corrected chi connectivity index (χ4v) is 3.13. The van der Waals surface area contributed by atoms with Crippen LogP contribution in [0.1, 0.15) is 55.4 Å². The maximum absolute atomic E-state index is 13.1. The van der Waals surface area contributed by atoms with Crippen LogP contribution in [-0.4, -0.2) is 58.4 Å². The lowest BCUT2D eigenvalue weighted by Crippen LogP contribution is -2.55. The Morgan fingerprint density at radius 2 is 1.84 bits per heavy atom. The van der Waals surface area contributed by atoms with E-state index in [2.05, 4.69) is 6.58 Å². The largest absolute Gasteiger partial charge is 0.444 e. The number of rotatable bonds is 4. The van der Waals surface area contributed by atoms with Crippen molar-refractivity contribution in [2.45, 2.75) is 84.9 Å². The van der Waals surface area contributed by atoms with E-state index in [1.807, 2.05) is 33.8 Å². The molecule has 0 saturated carbocycles. The van der Waals surface area contributed by atoms with E-state index in [9.17, 15) is 9.59 Å². The van der Waals surface area contributed by atoms with Gasteiger partial charge in [0.05, 0.1) is 12.1 Å². The number of carbonyl (C=O) groups excluding carboxylic acids is 2. The first-order valence-corrected chi connectivity index (χ1v) is 8.82. The molecule has 1 saturated heterocycles. The van der Waals surface area contributed by atoms with E-state index in [-0.39, 0.29) is 24.0 Å². The molecule has 1 aliphatic rings. The van der Waals surface area contributed by atoms with Crippen molar-refractivity contribution in [3.63, 3.8) is 0 Å². The Bertz CT molecular complexity index is 524. The predicted octanol–water partition coefficient (Wildman–Crippen LogP) is 3.42. The molecule has 6 heteroatoms. The normalized spacial score (nSPS) is 25.2. The molecule has 0 aromatic rings. The van der Waals surface area contributed by atoms with Crippen LogP contribution >= 0.6 is 0 Å². The third-order valence-corrected chi connectivity index (χ3v) is 4.63. The molecule has 0 aromatic heterocycles. The molecule has 2 amide bonds. The molecule has 1 rings (SSSR count). The zero-order valence-corrected chi connectivity index (χ0v) is 17.1. The smallest absolute Gasteiger partial charge is 0.410 e. The highest BCUT2D eigenvalue weighted by atomic mass is 16.6. The highest BCUT2D eigenvalue weighted by molar-refractivity contribution is 5.86. The van der Waals surface area contributed by atoms with Crippen molar-refractivity contribution in [1.82, 2.24) is 9.80 Å². The summed E-state index contributed by atoms with van der Waals surface area (Å²) in [6, 6.07) is -0.775. The fourth-order valence-electron chi connectivity index (χ4n) is 3.13. The maximum Gasteiger partial charge on any atom is 0.410 e. The van der Waals surface area contributed by atoms with Crippen LogP contribution in [0.2, 0.25) is 0 Å². The highest BCUT2D eigenvalue weighted by Crippen LogP contribution is 2.36. The molecule has 1 aliphatic heterocycles.